The molecule has 0 spiro atoms. The number of carbonyl (C=O) groups excluding carboxylic acids is 1. The third-order valence-electron chi connectivity index (χ3n) is 1.51. The van der Waals surface area contributed by atoms with Crippen LogP contribution in [-0.4, -0.2) is 5.97 Å². The molecule has 0 aliphatic heterocycles. The van der Waals surface area contributed by atoms with Crippen LogP contribution in [0, 0.1) is 0 Å². The quantitative estimate of drug-likeness (QED) is 0.429. The molecule has 2 nitrogen and oxygen atoms in total. The number of hydrogen-bond donors (Lipinski definition) is 0. The predicted molar refractivity (Wildman–Crippen MR) is 44.7 cm³/mol. The summed E-state index contributed by atoms with van der Waals surface area (Å²) < 4.78 is 0. The minimum Gasteiger partial charge on any atom is -0.550 e. The smallest absolute Gasteiger partial charge is 0.550 e. The van der Waals surface area contributed by atoms with Gasteiger partial charge in [-0.1, -0.05) is 30.3 Å². The number of halogens is 1. The predicted octanol–water partition coefficient (Wildman–Crippen LogP) is -1.89. The van der Waals surface area contributed by atoms with Gasteiger partial charge in [-0.3, -0.25) is 0 Å². The minimum atomic E-state index is -1.13. The van der Waals surface area contributed by atoms with Crippen molar-refractivity contribution in [2.24, 2.45) is 0 Å². The van der Waals surface area contributed by atoms with Gasteiger partial charge in [-0.15, -0.1) is 11.6 Å². The first-order chi connectivity index (χ1) is 5.70. The summed E-state index contributed by atoms with van der Waals surface area (Å²) in [6, 6.07) is 9.08. The Hall–Kier alpha value is -0.0200. The van der Waals surface area contributed by atoms with Crippen molar-refractivity contribution >= 4 is 17.6 Å². The molecule has 13 heavy (non-hydrogen) atoms. The third kappa shape index (κ3) is 4.67. The van der Waals surface area contributed by atoms with E-state index in [1.165, 1.54) is 0 Å². The number of aliphatic carboxylic acids is 1. The average Bonchev–Trinajstić information content (AvgIpc) is 2.05. The number of rotatable bonds is 3. The number of benzene rings is 1. The molecule has 1 atom stereocenters. The van der Waals surface area contributed by atoms with Gasteiger partial charge in [-0.2, -0.15) is 0 Å². The van der Waals surface area contributed by atoms with Gasteiger partial charge in [0.1, 0.15) is 0 Å². The number of alkyl halides is 1. The first kappa shape index (κ1) is 13.0. The van der Waals surface area contributed by atoms with Crippen molar-refractivity contribution < 1.29 is 39.5 Å². The SMILES string of the molecule is O=C([O-])CC(Cl)c1ccccc1.[Na+]. The van der Waals surface area contributed by atoms with Gasteiger partial charge in [-0.05, 0) is 5.56 Å². The summed E-state index contributed by atoms with van der Waals surface area (Å²) in [5.41, 5.74) is 0.809. The second-order valence-corrected chi connectivity index (χ2v) is 2.98. The molecule has 0 N–H and O–H groups in total. The molecular formula is C9H8ClNaO2. The van der Waals surface area contributed by atoms with Crippen LogP contribution in [0.2, 0.25) is 0 Å². The fraction of sp³-hybridized carbons (Fsp3) is 0.222. The summed E-state index contributed by atoms with van der Waals surface area (Å²) >= 11 is 5.78. The zero-order valence-corrected chi connectivity index (χ0v) is 10.1. The van der Waals surface area contributed by atoms with Crippen LogP contribution in [0.25, 0.3) is 0 Å². The summed E-state index contributed by atoms with van der Waals surface area (Å²) in [6.07, 6.45) is -0.147. The van der Waals surface area contributed by atoms with E-state index in [0.717, 1.165) is 5.56 Å². The maximum absolute atomic E-state index is 10.2. The monoisotopic (exact) mass is 206 g/mol. The number of carboxylic acid groups (broad SMARTS) is 1. The van der Waals surface area contributed by atoms with E-state index in [-0.39, 0.29) is 36.0 Å². The molecule has 0 radical (unpaired) electrons. The molecule has 0 fully saturated rings. The van der Waals surface area contributed by atoms with Crippen LogP contribution in [0.5, 0.6) is 0 Å². The van der Waals surface area contributed by atoms with Crippen LogP contribution < -0.4 is 34.7 Å². The molecule has 1 unspecified atom stereocenters. The van der Waals surface area contributed by atoms with Gasteiger partial charge < -0.3 is 9.90 Å². The van der Waals surface area contributed by atoms with Crippen molar-refractivity contribution in [3.05, 3.63) is 35.9 Å². The average molecular weight is 207 g/mol. The van der Waals surface area contributed by atoms with E-state index in [0.29, 0.717) is 0 Å². The van der Waals surface area contributed by atoms with E-state index >= 15 is 0 Å². The van der Waals surface area contributed by atoms with E-state index in [1.54, 1.807) is 12.1 Å². The number of hydrogen-bond acceptors (Lipinski definition) is 2. The molecule has 0 saturated carbocycles. The standard InChI is InChI=1S/C9H9ClO2.Na/c10-8(6-9(11)12)7-4-2-1-3-5-7;/h1-5,8H,6H2,(H,11,12);/q;+1/p-1. The topological polar surface area (TPSA) is 40.1 Å². The van der Waals surface area contributed by atoms with Crippen molar-refractivity contribution in [1.29, 1.82) is 0 Å². The molecule has 0 aromatic heterocycles. The summed E-state index contributed by atoms with van der Waals surface area (Å²) in [7, 11) is 0. The van der Waals surface area contributed by atoms with Crippen molar-refractivity contribution in [2.75, 3.05) is 0 Å². The summed E-state index contributed by atoms with van der Waals surface area (Å²) in [5, 5.41) is 9.70. The van der Waals surface area contributed by atoms with Crippen LogP contribution >= 0.6 is 11.6 Å². The maximum Gasteiger partial charge on any atom is 1.00 e. The van der Waals surface area contributed by atoms with Gasteiger partial charge in [0, 0.05) is 12.4 Å². The van der Waals surface area contributed by atoms with Crippen LogP contribution in [0.3, 0.4) is 0 Å². The van der Waals surface area contributed by atoms with Gasteiger partial charge in [-0.25, -0.2) is 0 Å². The molecule has 1 aromatic carbocycles. The van der Waals surface area contributed by atoms with Gasteiger partial charge in [0.05, 0.1) is 5.38 Å². The third-order valence-corrected chi connectivity index (χ3v) is 1.91. The van der Waals surface area contributed by atoms with Crippen LogP contribution in [0.4, 0.5) is 0 Å². The van der Waals surface area contributed by atoms with Crippen LogP contribution in [-0.2, 0) is 4.79 Å². The molecule has 0 amide bonds. The molecular weight excluding hydrogens is 199 g/mol. The number of carboxylic acids is 1. The molecule has 0 aliphatic rings. The first-order valence-corrected chi connectivity index (χ1v) is 4.02. The van der Waals surface area contributed by atoms with Gasteiger partial charge >= 0.3 is 29.6 Å². The molecule has 0 aliphatic carbocycles. The van der Waals surface area contributed by atoms with E-state index in [9.17, 15) is 9.90 Å². The summed E-state index contributed by atoms with van der Waals surface area (Å²) in [6.45, 7) is 0. The van der Waals surface area contributed by atoms with Crippen molar-refractivity contribution in [3.8, 4) is 0 Å². The fourth-order valence-electron chi connectivity index (χ4n) is 0.926. The molecule has 64 valence electrons. The summed E-state index contributed by atoms with van der Waals surface area (Å²) in [5.74, 6) is -1.13. The molecule has 0 heterocycles. The number of carbonyl (C=O) groups is 1. The molecule has 4 heteroatoms. The minimum absolute atomic E-state index is 0. The Morgan fingerprint density at radius 2 is 1.92 bits per heavy atom. The fourth-order valence-corrected chi connectivity index (χ4v) is 1.20. The molecule has 1 rings (SSSR count). The van der Waals surface area contributed by atoms with Crippen molar-refractivity contribution in [3.63, 3.8) is 0 Å². The van der Waals surface area contributed by atoms with E-state index in [4.69, 9.17) is 11.6 Å². The largest absolute Gasteiger partial charge is 1.00 e. The normalized spacial score (nSPS) is 11.5. The molecule has 1 aromatic rings. The first-order valence-electron chi connectivity index (χ1n) is 3.59. The molecule has 0 bridgehead atoms. The Balaban J connectivity index is 0.00000144. The van der Waals surface area contributed by atoms with Crippen molar-refractivity contribution in [1.82, 2.24) is 0 Å². The molecule has 0 saturated heterocycles. The Morgan fingerprint density at radius 3 is 2.38 bits per heavy atom. The zero-order chi connectivity index (χ0) is 8.97. The zero-order valence-electron chi connectivity index (χ0n) is 7.37. The Morgan fingerprint density at radius 1 is 1.38 bits per heavy atom. The van der Waals surface area contributed by atoms with Crippen LogP contribution in [0.1, 0.15) is 17.4 Å². The Kier molecular flexibility index (Phi) is 6.43. The van der Waals surface area contributed by atoms with E-state index in [2.05, 4.69) is 0 Å². The van der Waals surface area contributed by atoms with E-state index < -0.39 is 11.3 Å². The maximum atomic E-state index is 10.2. The Labute approximate surface area is 104 Å². The van der Waals surface area contributed by atoms with Crippen molar-refractivity contribution in [2.45, 2.75) is 11.8 Å². The second kappa shape index (κ2) is 6.44. The Bertz CT molecular complexity index is 264. The van der Waals surface area contributed by atoms with E-state index in [1.807, 2.05) is 18.2 Å². The second-order valence-electron chi connectivity index (χ2n) is 2.45. The van der Waals surface area contributed by atoms with Crippen LogP contribution in [0.15, 0.2) is 30.3 Å². The van der Waals surface area contributed by atoms with Gasteiger partial charge in [0.2, 0.25) is 0 Å². The van der Waals surface area contributed by atoms with Gasteiger partial charge in [0.25, 0.3) is 0 Å². The van der Waals surface area contributed by atoms with Gasteiger partial charge in [0.15, 0.2) is 0 Å². The summed E-state index contributed by atoms with van der Waals surface area (Å²) in [4.78, 5) is 10.2.